The Morgan fingerprint density at radius 2 is 1.71 bits per heavy atom. The number of ether oxygens (including phenoxy) is 2. The van der Waals surface area contributed by atoms with Crippen LogP contribution in [-0.2, 0) is 14.9 Å². The normalized spacial score (nSPS) is 21.1. The molecule has 0 aromatic heterocycles. The fourth-order valence-electron chi connectivity index (χ4n) is 4.73. The summed E-state index contributed by atoms with van der Waals surface area (Å²) in [5.41, 5.74) is 1.44. The van der Waals surface area contributed by atoms with Crippen LogP contribution in [0, 0.1) is 5.92 Å². The van der Waals surface area contributed by atoms with Crippen molar-refractivity contribution in [2.75, 3.05) is 59.2 Å². The van der Waals surface area contributed by atoms with Crippen molar-refractivity contribution < 1.29 is 9.47 Å². The van der Waals surface area contributed by atoms with Crippen LogP contribution in [0.25, 0.3) is 0 Å². The summed E-state index contributed by atoms with van der Waals surface area (Å²) in [4.78, 5) is 7.65. The van der Waals surface area contributed by atoms with Crippen molar-refractivity contribution in [2.45, 2.75) is 51.5 Å². The van der Waals surface area contributed by atoms with Crippen LogP contribution in [-0.4, -0.2) is 76.1 Å². The lowest BCUT2D eigenvalue weighted by Crippen LogP contribution is -2.51. The minimum Gasteiger partial charge on any atom is -0.381 e. The average molecular weight is 431 g/mol. The molecular formula is C25H42N4O2. The molecule has 1 aromatic carbocycles. The van der Waals surface area contributed by atoms with Gasteiger partial charge in [0.25, 0.3) is 0 Å². The highest BCUT2D eigenvalue weighted by atomic mass is 16.5. The van der Waals surface area contributed by atoms with Gasteiger partial charge in [-0.1, -0.05) is 44.2 Å². The maximum atomic E-state index is 5.69. The van der Waals surface area contributed by atoms with Crippen LogP contribution in [0.15, 0.2) is 35.3 Å². The van der Waals surface area contributed by atoms with Gasteiger partial charge in [-0.25, -0.2) is 0 Å². The summed E-state index contributed by atoms with van der Waals surface area (Å²) in [6.07, 6.45) is 3.21. The van der Waals surface area contributed by atoms with E-state index in [4.69, 9.17) is 14.5 Å². The number of morpholine rings is 1. The van der Waals surface area contributed by atoms with E-state index in [9.17, 15) is 0 Å². The molecule has 0 radical (unpaired) electrons. The zero-order chi connectivity index (χ0) is 21.9. The van der Waals surface area contributed by atoms with Crippen LogP contribution >= 0.6 is 0 Å². The molecule has 0 saturated carbocycles. The van der Waals surface area contributed by atoms with E-state index >= 15 is 0 Å². The van der Waals surface area contributed by atoms with Crippen LogP contribution in [0.3, 0.4) is 0 Å². The molecule has 2 N–H and O–H groups in total. The molecule has 6 nitrogen and oxygen atoms in total. The summed E-state index contributed by atoms with van der Waals surface area (Å²) in [6, 6.07) is 11.4. The lowest BCUT2D eigenvalue weighted by Gasteiger charge is -2.37. The number of rotatable bonds is 9. The van der Waals surface area contributed by atoms with Gasteiger partial charge in [-0.15, -0.1) is 0 Å². The molecule has 0 aliphatic carbocycles. The van der Waals surface area contributed by atoms with Crippen molar-refractivity contribution in [2.24, 2.45) is 10.9 Å². The van der Waals surface area contributed by atoms with E-state index in [-0.39, 0.29) is 5.41 Å². The van der Waals surface area contributed by atoms with Crippen molar-refractivity contribution in [1.29, 1.82) is 0 Å². The van der Waals surface area contributed by atoms with Gasteiger partial charge < -0.3 is 20.1 Å². The van der Waals surface area contributed by atoms with Gasteiger partial charge in [0.05, 0.1) is 19.8 Å². The summed E-state index contributed by atoms with van der Waals surface area (Å²) < 4.78 is 11.3. The Kier molecular flexibility index (Phi) is 9.62. The summed E-state index contributed by atoms with van der Waals surface area (Å²) in [5.74, 6) is 1.59. The van der Waals surface area contributed by atoms with Gasteiger partial charge in [-0.2, -0.15) is 0 Å². The molecule has 6 heteroatoms. The largest absolute Gasteiger partial charge is 0.381 e. The summed E-state index contributed by atoms with van der Waals surface area (Å²) >= 11 is 0. The first kappa shape index (κ1) is 24.0. The van der Waals surface area contributed by atoms with Gasteiger partial charge in [-0.3, -0.25) is 9.89 Å². The highest BCUT2D eigenvalue weighted by Crippen LogP contribution is 2.35. The quantitative estimate of drug-likeness (QED) is 0.466. The monoisotopic (exact) mass is 430 g/mol. The Balaban J connectivity index is 1.68. The second kappa shape index (κ2) is 12.4. The third-order valence-electron chi connectivity index (χ3n) is 6.53. The maximum Gasteiger partial charge on any atom is 0.191 e. The topological polar surface area (TPSA) is 58.1 Å². The number of guanidine groups is 1. The van der Waals surface area contributed by atoms with Crippen molar-refractivity contribution in [3.8, 4) is 0 Å². The Hall–Kier alpha value is -1.63. The smallest absolute Gasteiger partial charge is 0.191 e. The third kappa shape index (κ3) is 7.19. The van der Waals surface area contributed by atoms with Crippen molar-refractivity contribution in [1.82, 2.24) is 15.5 Å². The number of nitrogens with one attached hydrogen (secondary N) is 2. The van der Waals surface area contributed by atoms with Gasteiger partial charge in [0.15, 0.2) is 5.96 Å². The standard InChI is InChI=1S/C25H42N4O2/c1-4-26-24(27-19-23(18-21(2)3)29-12-16-31-17-13-29)28-20-25(10-14-30-15-11-25)22-8-6-5-7-9-22/h5-9,21,23H,4,10-20H2,1-3H3,(H2,26,27,28). The first-order valence-electron chi connectivity index (χ1n) is 12.1. The molecule has 2 fully saturated rings. The average Bonchev–Trinajstić information content (AvgIpc) is 2.81. The van der Waals surface area contributed by atoms with E-state index in [0.717, 1.165) is 78.0 Å². The number of hydrogen-bond donors (Lipinski definition) is 2. The van der Waals surface area contributed by atoms with Crippen LogP contribution in [0.5, 0.6) is 0 Å². The number of hydrogen-bond acceptors (Lipinski definition) is 4. The minimum absolute atomic E-state index is 0.0589. The van der Waals surface area contributed by atoms with E-state index in [1.807, 2.05) is 0 Å². The Bertz CT molecular complexity index is 653. The molecule has 31 heavy (non-hydrogen) atoms. The summed E-state index contributed by atoms with van der Waals surface area (Å²) in [5, 5.41) is 7.12. The Labute approximate surface area is 188 Å². The predicted octanol–water partition coefficient (Wildman–Crippen LogP) is 3.04. The summed E-state index contributed by atoms with van der Waals surface area (Å²) in [7, 11) is 0. The van der Waals surface area contributed by atoms with E-state index in [1.165, 1.54) is 12.0 Å². The molecule has 1 unspecified atom stereocenters. The molecule has 3 rings (SSSR count). The molecule has 2 saturated heterocycles. The van der Waals surface area contributed by atoms with Crippen molar-refractivity contribution >= 4 is 5.96 Å². The van der Waals surface area contributed by atoms with E-state index < -0.39 is 0 Å². The molecule has 0 bridgehead atoms. The van der Waals surface area contributed by atoms with Gasteiger partial charge >= 0.3 is 0 Å². The fourth-order valence-corrected chi connectivity index (χ4v) is 4.73. The number of aliphatic imine (C=N–C) groups is 1. The SMILES string of the molecule is CCNC(=NCC1(c2ccccc2)CCOCC1)NCC(CC(C)C)N1CCOCC1. The maximum absolute atomic E-state index is 5.69. The number of nitrogens with zero attached hydrogens (tertiary/aromatic N) is 2. The molecule has 174 valence electrons. The zero-order valence-electron chi connectivity index (χ0n) is 19.7. The third-order valence-corrected chi connectivity index (χ3v) is 6.53. The lowest BCUT2D eigenvalue weighted by atomic mass is 9.74. The highest BCUT2D eigenvalue weighted by Gasteiger charge is 2.34. The summed E-state index contributed by atoms with van der Waals surface area (Å²) in [6.45, 7) is 14.6. The molecule has 2 heterocycles. The second-order valence-corrected chi connectivity index (χ2v) is 9.27. The Morgan fingerprint density at radius 3 is 2.35 bits per heavy atom. The first-order chi connectivity index (χ1) is 15.1. The zero-order valence-corrected chi connectivity index (χ0v) is 19.7. The van der Waals surface area contributed by atoms with Crippen LogP contribution in [0.4, 0.5) is 0 Å². The Morgan fingerprint density at radius 1 is 1.03 bits per heavy atom. The second-order valence-electron chi connectivity index (χ2n) is 9.27. The minimum atomic E-state index is 0.0589. The van der Waals surface area contributed by atoms with Crippen LogP contribution in [0.2, 0.25) is 0 Å². The van der Waals surface area contributed by atoms with Crippen molar-refractivity contribution in [3.63, 3.8) is 0 Å². The molecule has 0 spiro atoms. The van der Waals surface area contributed by atoms with Crippen molar-refractivity contribution in [3.05, 3.63) is 35.9 Å². The predicted molar refractivity (Wildman–Crippen MR) is 128 cm³/mol. The molecular weight excluding hydrogens is 388 g/mol. The lowest BCUT2D eigenvalue weighted by molar-refractivity contribution is 0.0132. The first-order valence-corrected chi connectivity index (χ1v) is 12.1. The number of benzene rings is 1. The van der Waals surface area contributed by atoms with Crippen LogP contribution in [0.1, 0.15) is 45.6 Å². The highest BCUT2D eigenvalue weighted by molar-refractivity contribution is 5.79. The van der Waals surface area contributed by atoms with Gasteiger partial charge in [0.1, 0.15) is 0 Å². The van der Waals surface area contributed by atoms with E-state index in [1.54, 1.807) is 0 Å². The van der Waals surface area contributed by atoms with E-state index in [2.05, 4.69) is 66.6 Å². The molecule has 1 aromatic rings. The van der Waals surface area contributed by atoms with E-state index in [0.29, 0.717) is 12.0 Å². The molecule has 2 aliphatic heterocycles. The molecule has 2 aliphatic rings. The molecule has 0 amide bonds. The van der Waals surface area contributed by atoms with Gasteiger partial charge in [-0.05, 0) is 37.7 Å². The van der Waals surface area contributed by atoms with Gasteiger partial charge in [0.2, 0.25) is 0 Å². The van der Waals surface area contributed by atoms with Gasteiger partial charge in [0, 0.05) is 50.8 Å². The fraction of sp³-hybridized carbons (Fsp3) is 0.720. The molecule has 1 atom stereocenters. The van der Waals surface area contributed by atoms with Crippen LogP contribution < -0.4 is 10.6 Å².